The van der Waals surface area contributed by atoms with Gasteiger partial charge in [-0.1, -0.05) is 121 Å². The van der Waals surface area contributed by atoms with Crippen LogP contribution in [0.15, 0.2) is 146 Å². The van der Waals surface area contributed by atoms with Crippen molar-refractivity contribution in [1.29, 1.82) is 0 Å². The van der Waals surface area contributed by atoms with Gasteiger partial charge in [0.2, 0.25) is 0 Å². The fourth-order valence-corrected chi connectivity index (χ4v) is 8.91. The summed E-state index contributed by atoms with van der Waals surface area (Å²) < 4.78 is 82.4. The lowest BCUT2D eigenvalue weighted by molar-refractivity contribution is -0.138. The number of hydrogen-bond acceptors (Lipinski definition) is 0. The molecule has 0 fully saturated rings. The molecule has 0 saturated heterocycles. The lowest BCUT2D eigenvalue weighted by Crippen LogP contribution is -2.07. The Morgan fingerprint density at radius 2 is 0.635 bits per heavy atom. The summed E-state index contributed by atoms with van der Waals surface area (Å²) >= 11 is 0. The van der Waals surface area contributed by atoms with E-state index in [4.69, 9.17) is 0 Å². The van der Waals surface area contributed by atoms with Crippen molar-refractivity contribution < 1.29 is 26.3 Å². The van der Waals surface area contributed by atoms with Gasteiger partial charge in [-0.2, -0.15) is 26.3 Å². The smallest absolute Gasteiger partial charge is 0.166 e. The molecule has 252 valence electrons. The Labute approximate surface area is 294 Å². The molecule has 2 atom stereocenters. The summed E-state index contributed by atoms with van der Waals surface area (Å²) in [5, 5.41) is 6.10. The molecule has 0 heterocycles. The topological polar surface area (TPSA) is 0 Å². The van der Waals surface area contributed by atoms with Gasteiger partial charge in [-0.05, 0) is 112 Å². The highest BCUT2D eigenvalue weighted by atomic mass is 19.4. The van der Waals surface area contributed by atoms with Gasteiger partial charge in [-0.25, -0.2) is 0 Å². The van der Waals surface area contributed by atoms with E-state index in [1.165, 1.54) is 0 Å². The molecule has 0 saturated carbocycles. The van der Waals surface area contributed by atoms with E-state index in [1.807, 2.05) is 36.4 Å². The Kier molecular flexibility index (Phi) is 6.43. The van der Waals surface area contributed by atoms with Crippen LogP contribution in [0.25, 0.3) is 54.6 Å². The molecule has 0 aliphatic heterocycles. The highest BCUT2D eigenvalue weighted by molar-refractivity contribution is 6.08. The van der Waals surface area contributed by atoms with E-state index in [1.54, 1.807) is 24.3 Å². The highest BCUT2D eigenvalue weighted by Gasteiger charge is 2.39. The summed E-state index contributed by atoms with van der Waals surface area (Å²) in [5.74, 6) is -0.705. The molecule has 0 spiro atoms. The van der Waals surface area contributed by atoms with Crippen molar-refractivity contribution >= 4 is 32.3 Å². The van der Waals surface area contributed by atoms with Crippen LogP contribution in [0.1, 0.15) is 56.3 Å². The number of fused-ring (bicyclic) bond motifs is 13. The number of hydrogen-bond donors (Lipinski definition) is 0. The molecule has 0 nitrogen and oxygen atoms in total. The molecular weight excluding hydrogens is 666 g/mol. The summed E-state index contributed by atoms with van der Waals surface area (Å²) in [6.45, 7) is 0. The maximum Gasteiger partial charge on any atom is 0.416 e. The zero-order valence-corrected chi connectivity index (χ0v) is 27.3. The van der Waals surface area contributed by atoms with Gasteiger partial charge in [-0.3, -0.25) is 0 Å². The van der Waals surface area contributed by atoms with E-state index < -0.39 is 23.5 Å². The fraction of sp³-hybridized carbons (Fsp3) is 0.0870. The zero-order valence-electron chi connectivity index (χ0n) is 27.3. The van der Waals surface area contributed by atoms with E-state index in [0.29, 0.717) is 0 Å². The number of rotatable bonds is 2. The van der Waals surface area contributed by atoms with Gasteiger partial charge in [0.25, 0.3) is 0 Å². The van der Waals surface area contributed by atoms with E-state index in [9.17, 15) is 26.3 Å². The summed E-state index contributed by atoms with van der Waals surface area (Å²) in [6.07, 6.45) is -8.92. The number of alkyl halides is 6. The first-order valence-electron chi connectivity index (χ1n) is 17.1. The molecule has 10 rings (SSSR count). The molecule has 0 bridgehead atoms. The van der Waals surface area contributed by atoms with Crippen LogP contribution in [-0.2, 0) is 12.4 Å². The molecule has 2 aliphatic carbocycles. The molecule has 8 aromatic rings. The third-order valence-corrected chi connectivity index (χ3v) is 11.1. The average Bonchev–Trinajstić information content (AvgIpc) is 3.68. The maximum absolute atomic E-state index is 13.7. The lowest BCUT2D eigenvalue weighted by Gasteiger charge is -2.22. The molecule has 2 aliphatic rings. The summed E-state index contributed by atoms with van der Waals surface area (Å²) in [6, 6.07) is 44.0. The van der Waals surface area contributed by atoms with Crippen LogP contribution < -0.4 is 0 Å². The molecule has 0 N–H and O–H groups in total. The first-order chi connectivity index (χ1) is 25.1. The molecule has 0 amide bonds. The van der Waals surface area contributed by atoms with E-state index >= 15 is 0 Å². The second-order valence-electron chi connectivity index (χ2n) is 13.8. The normalized spacial score (nSPS) is 16.3. The van der Waals surface area contributed by atoms with Crippen molar-refractivity contribution in [2.45, 2.75) is 24.2 Å². The van der Waals surface area contributed by atoms with Gasteiger partial charge >= 0.3 is 12.4 Å². The van der Waals surface area contributed by atoms with Crippen LogP contribution in [0.5, 0.6) is 0 Å². The molecule has 8 aromatic carbocycles. The number of halogens is 6. The van der Waals surface area contributed by atoms with Crippen LogP contribution in [0.3, 0.4) is 0 Å². The van der Waals surface area contributed by atoms with Crippen molar-refractivity contribution in [3.05, 3.63) is 190 Å². The maximum atomic E-state index is 13.7. The van der Waals surface area contributed by atoms with Gasteiger partial charge in [0.05, 0.1) is 11.1 Å². The third kappa shape index (κ3) is 4.43. The monoisotopic (exact) mass is 692 g/mol. The predicted octanol–water partition coefficient (Wildman–Crippen LogP) is 13.5. The second-order valence-corrected chi connectivity index (χ2v) is 13.8. The Morgan fingerprint density at radius 1 is 0.308 bits per heavy atom. The van der Waals surface area contributed by atoms with Crippen LogP contribution in [0, 0.1) is 0 Å². The van der Waals surface area contributed by atoms with Crippen molar-refractivity contribution in [2.75, 3.05) is 0 Å². The Bertz CT molecular complexity index is 2560. The molecule has 0 aromatic heterocycles. The average molecular weight is 693 g/mol. The number of benzene rings is 8. The first kappa shape index (κ1) is 30.9. The molecule has 6 heteroatoms. The van der Waals surface area contributed by atoms with Gasteiger partial charge < -0.3 is 0 Å². The van der Waals surface area contributed by atoms with Gasteiger partial charge in [0.1, 0.15) is 0 Å². The van der Waals surface area contributed by atoms with Gasteiger partial charge in [0, 0.05) is 11.8 Å². The van der Waals surface area contributed by atoms with Crippen molar-refractivity contribution in [3.63, 3.8) is 0 Å². The second kappa shape index (κ2) is 10.8. The predicted molar refractivity (Wildman–Crippen MR) is 195 cm³/mol. The van der Waals surface area contributed by atoms with Crippen molar-refractivity contribution in [1.82, 2.24) is 0 Å². The van der Waals surface area contributed by atoms with Crippen LogP contribution in [-0.4, -0.2) is 0 Å². The SMILES string of the molecule is FC(F)(F)c1ccc(C2c3c(ccc4ccccc34)-c3ccc4c5c(ccc4c32)-c2ccc3ccccc3c2C5c2ccc(C(F)(F)F)cc2)cc1. The van der Waals surface area contributed by atoms with Crippen LogP contribution >= 0.6 is 0 Å². The summed E-state index contributed by atoms with van der Waals surface area (Å²) in [5.41, 5.74) is 8.34. The quantitative estimate of drug-likeness (QED) is 0.158. The summed E-state index contributed by atoms with van der Waals surface area (Å²) in [7, 11) is 0. The van der Waals surface area contributed by atoms with Crippen molar-refractivity contribution in [2.24, 2.45) is 0 Å². The molecular formula is C46H26F6. The standard InChI is InChI=1S/C46H26F6/c47-45(48,49)29-15-9-27(10-16-29)39-41-31-7-3-1-5-25(31)13-19-33(41)35-21-23-38-37(43(35)39)24-22-36-34-20-14-26-6-2-4-8-32(26)42(34)40(44(36)38)28-11-17-30(18-12-28)46(50,51)52/h1-24,39-40H. The Balaban J connectivity index is 1.26. The van der Waals surface area contributed by atoms with Gasteiger partial charge in [-0.15, -0.1) is 0 Å². The minimum Gasteiger partial charge on any atom is -0.166 e. The Morgan fingerprint density at radius 3 is 1.00 bits per heavy atom. The van der Waals surface area contributed by atoms with E-state index in [-0.39, 0.29) is 11.8 Å². The first-order valence-corrected chi connectivity index (χ1v) is 17.1. The van der Waals surface area contributed by atoms with Crippen molar-refractivity contribution in [3.8, 4) is 22.3 Å². The minimum absolute atomic E-state index is 0.353. The zero-order chi connectivity index (χ0) is 35.5. The largest absolute Gasteiger partial charge is 0.416 e. The fourth-order valence-electron chi connectivity index (χ4n) is 8.91. The van der Waals surface area contributed by atoms with Crippen LogP contribution in [0.4, 0.5) is 26.3 Å². The molecule has 2 unspecified atom stereocenters. The molecule has 52 heavy (non-hydrogen) atoms. The van der Waals surface area contributed by atoms with Crippen LogP contribution in [0.2, 0.25) is 0 Å². The lowest BCUT2D eigenvalue weighted by atomic mass is 9.81. The summed E-state index contributed by atoms with van der Waals surface area (Å²) in [4.78, 5) is 0. The van der Waals surface area contributed by atoms with Gasteiger partial charge in [0.15, 0.2) is 0 Å². The Hall–Kier alpha value is -5.88. The minimum atomic E-state index is -4.46. The third-order valence-electron chi connectivity index (χ3n) is 11.1. The molecule has 0 radical (unpaired) electrons. The van der Waals surface area contributed by atoms with E-state index in [2.05, 4.69) is 60.7 Å². The van der Waals surface area contributed by atoms with E-state index in [0.717, 1.165) is 112 Å². The highest BCUT2D eigenvalue weighted by Crippen LogP contribution is 2.57.